The molecule has 0 saturated carbocycles. The van der Waals surface area contributed by atoms with Crippen LogP contribution in [0.5, 0.6) is 0 Å². The molecule has 1 aromatic carbocycles. The largest absolute Gasteiger partial charge is 0.377 e. The highest BCUT2D eigenvalue weighted by atomic mass is 79.9. The van der Waals surface area contributed by atoms with Gasteiger partial charge in [-0.15, -0.1) is 0 Å². The quantitative estimate of drug-likeness (QED) is 0.787. The van der Waals surface area contributed by atoms with Gasteiger partial charge in [0.1, 0.15) is 6.29 Å². The molecule has 0 amide bonds. The lowest BCUT2D eigenvalue weighted by Crippen LogP contribution is -2.09. The zero-order valence-electron chi connectivity index (χ0n) is 10.5. The number of aldehydes is 1. The van der Waals surface area contributed by atoms with E-state index in [-0.39, 0.29) is 0 Å². The average Bonchev–Trinajstić information content (AvgIpc) is 2.23. The third-order valence-corrected chi connectivity index (χ3v) is 2.55. The Bertz CT molecular complexity index is 324. The van der Waals surface area contributed by atoms with E-state index in [9.17, 15) is 4.79 Å². The molecule has 0 spiro atoms. The minimum absolute atomic E-state index is 0.708. The van der Waals surface area contributed by atoms with Crippen molar-refractivity contribution in [3.8, 4) is 0 Å². The second kappa shape index (κ2) is 8.34. The van der Waals surface area contributed by atoms with Gasteiger partial charge in [-0.1, -0.05) is 28.9 Å². The van der Waals surface area contributed by atoms with Crippen LogP contribution in [-0.2, 0) is 4.79 Å². The van der Waals surface area contributed by atoms with Gasteiger partial charge in [-0.05, 0) is 31.0 Å². The zero-order chi connectivity index (χ0) is 12.6. The number of unbranched alkanes of at least 4 members (excludes halogenated alkanes) is 1. The minimum atomic E-state index is 0.708. The van der Waals surface area contributed by atoms with Crippen LogP contribution in [0.4, 0.5) is 5.69 Å². The summed E-state index contributed by atoms with van der Waals surface area (Å²) in [5, 5.41) is 0. The molecule has 0 saturated heterocycles. The van der Waals surface area contributed by atoms with Crippen LogP contribution in [0.3, 0.4) is 0 Å². The van der Waals surface area contributed by atoms with Crippen LogP contribution in [0.15, 0.2) is 22.7 Å². The fourth-order valence-electron chi connectivity index (χ4n) is 1.18. The summed E-state index contributed by atoms with van der Waals surface area (Å²) in [6, 6.07) is 6.29. The molecule has 0 aliphatic rings. The summed E-state index contributed by atoms with van der Waals surface area (Å²) in [6.07, 6.45) is 2.61. The molecule has 0 fully saturated rings. The van der Waals surface area contributed by atoms with Crippen LogP contribution in [0, 0.1) is 6.92 Å². The van der Waals surface area contributed by atoms with E-state index in [2.05, 4.69) is 60.0 Å². The molecule has 0 radical (unpaired) electrons. The topological polar surface area (TPSA) is 20.3 Å². The first kappa shape index (κ1) is 15.2. The van der Waals surface area contributed by atoms with E-state index in [1.165, 1.54) is 11.3 Å². The highest BCUT2D eigenvalue weighted by Crippen LogP contribution is 2.22. The Morgan fingerprint density at radius 2 is 2.00 bits per heavy atom. The SMILES string of the molecule is CCCC=O.Cc1ccc(Br)cc1N(C)C. The molecule has 3 heteroatoms. The molecule has 1 aromatic rings. The number of rotatable bonds is 3. The molecule has 0 atom stereocenters. The van der Waals surface area contributed by atoms with Gasteiger partial charge in [0.05, 0.1) is 0 Å². The van der Waals surface area contributed by atoms with Crippen molar-refractivity contribution < 1.29 is 4.79 Å². The number of hydrogen-bond acceptors (Lipinski definition) is 2. The van der Waals surface area contributed by atoms with Gasteiger partial charge >= 0.3 is 0 Å². The maximum absolute atomic E-state index is 9.40. The van der Waals surface area contributed by atoms with Gasteiger partial charge in [0.15, 0.2) is 0 Å². The van der Waals surface area contributed by atoms with Gasteiger partial charge in [0, 0.05) is 30.7 Å². The average molecular weight is 286 g/mol. The second-order valence-electron chi connectivity index (χ2n) is 3.78. The number of benzene rings is 1. The summed E-state index contributed by atoms with van der Waals surface area (Å²) in [4.78, 5) is 11.5. The molecule has 2 nitrogen and oxygen atoms in total. The highest BCUT2D eigenvalue weighted by Gasteiger charge is 1.99. The summed E-state index contributed by atoms with van der Waals surface area (Å²) < 4.78 is 1.13. The van der Waals surface area contributed by atoms with Crippen LogP contribution in [-0.4, -0.2) is 20.4 Å². The Morgan fingerprint density at radius 1 is 1.38 bits per heavy atom. The Labute approximate surface area is 107 Å². The number of aryl methyl sites for hydroxylation is 1. The summed E-state index contributed by atoms with van der Waals surface area (Å²) in [7, 11) is 4.10. The van der Waals surface area contributed by atoms with Crippen molar-refractivity contribution in [2.45, 2.75) is 26.7 Å². The van der Waals surface area contributed by atoms with Gasteiger partial charge in [0.2, 0.25) is 0 Å². The lowest BCUT2D eigenvalue weighted by molar-refractivity contribution is -0.107. The Hall–Kier alpha value is -0.830. The molecule has 1 rings (SSSR count). The third kappa shape index (κ3) is 5.91. The lowest BCUT2D eigenvalue weighted by atomic mass is 10.2. The second-order valence-corrected chi connectivity index (χ2v) is 4.70. The normalized spacial score (nSPS) is 9.06. The molecule has 0 N–H and O–H groups in total. The van der Waals surface area contributed by atoms with Crippen molar-refractivity contribution >= 4 is 27.9 Å². The third-order valence-electron chi connectivity index (χ3n) is 2.06. The summed E-state index contributed by atoms with van der Waals surface area (Å²) in [5.41, 5.74) is 2.57. The molecule has 0 heterocycles. The number of carbonyl (C=O) groups excluding carboxylic acids is 1. The fraction of sp³-hybridized carbons (Fsp3) is 0.462. The highest BCUT2D eigenvalue weighted by molar-refractivity contribution is 9.10. The zero-order valence-corrected chi connectivity index (χ0v) is 12.0. The molecule has 0 aliphatic carbocycles. The molecule has 0 aliphatic heterocycles. The Balaban J connectivity index is 0.000000385. The molecular formula is C13H20BrNO. The van der Waals surface area contributed by atoms with E-state index in [4.69, 9.17) is 0 Å². The monoisotopic (exact) mass is 285 g/mol. The maximum atomic E-state index is 9.40. The van der Waals surface area contributed by atoms with E-state index >= 15 is 0 Å². The Morgan fingerprint density at radius 3 is 2.31 bits per heavy atom. The van der Waals surface area contributed by atoms with Crippen molar-refractivity contribution in [1.82, 2.24) is 0 Å². The first-order valence-corrected chi connectivity index (χ1v) is 6.19. The van der Waals surface area contributed by atoms with E-state index in [1.807, 2.05) is 6.92 Å². The van der Waals surface area contributed by atoms with Crippen molar-refractivity contribution in [2.24, 2.45) is 0 Å². The smallest absolute Gasteiger partial charge is 0.119 e. The van der Waals surface area contributed by atoms with Crippen molar-refractivity contribution in [2.75, 3.05) is 19.0 Å². The standard InChI is InChI=1S/C9H12BrN.C4H8O/c1-7-4-5-8(10)6-9(7)11(2)3;1-2-3-4-5/h4-6H,1-3H3;4H,2-3H2,1H3. The predicted molar refractivity (Wildman–Crippen MR) is 74.2 cm³/mol. The van der Waals surface area contributed by atoms with Crippen LogP contribution in [0.1, 0.15) is 25.3 Å². The molecule has 16 heavy (non-hydrogen) atoms. The lowest BCUT2D eigenvalue weighted by Gasteiger charge is -2.15. The van der Waals surface area contributed by atoms with Gasteiger partial charge in [0.25, 0.3) is 0 Å². The number of hydrogen-bond donors (Lipinski definition) is 0. The van der Waals surface area contributed by atoms with Crippen molar-refractivity contribution in [1.29, 1.82) is 0 Å². The van der Waals surface area contributed by atoms with Crippen molar-refractivity contribution in [3.05, 3.63) is 28.2 Å². The van der Waals surface area contributed by atoms with Gasteiger partial charge < -0.3 is 9.69 Å². The fourth-order valence-corrected chi connectivity index (χ4v) is 1.53. The summed E-state index contributed by atoms with van der Waals surface area (Å²) >= 11 is 3.44. The van der Waals surface area contributed by atoms with Crippen LogP contribution in [0.25, 0.3) is 0 Å². The van der Waals surface area contributed by atoms with E-state index in [1.54, 1.807) is 0 Å². The molecule has 0 bridgehead atoms. The molecule has 0 aromatic heterocycles. The van der Waals surface area contributed by atoms with Crippen LogP contribution < -0.4 is 4.90 Å². The number of nitrogens with zero attached hydrogens (tertiary/aromatic N) is 1. The Kier molecular flexibility index (Phi) is 7.90. The molecule has 0 unspecified atom stereocenters. The van der Waals surface area contributed by atoms with E-state index < -0.39 is 0 Å². The summed E-state index contributed by atoms with van der Waals surface area (Å²) in [5.74, 6) is 0. The minimum Gasteiger partial charge on any atom is -0.377 e. The van der Waals surface area contributed by atoms with E-state index in [0.717, 1.165) is 17.2 Å². The molecule has 90 valence electrons. The van der Waals surface area contributed by atoms with Gasteiger partial charge in [-0.25, -0.2) is 0 Å². The van der Waals surface area contributed by atoms with Crippen LogP contribution >= 0.6 is 15.9 Å². The first-order valence-electron chi connectivity index (χ1n) is 5.40. The predicted octanol–water partition coefficient (Wildman–Crippen LogP) is 3.81. The number of halogens is 1. The molecular weight excluding hydrogens is 266 g/mol. The van der Waals surface area contributed by atoms with Crippen molar-refractivity contribution in [3.63, 3.8) is 0 Å². The van der Waals surface area contributed by atoms with Gasteiger partial charge in [-0.2, -0.15) is 0 Å². The number of anilines is 1. The van der Waals surface area contributed by atoms with Crippen LogP contribution in [0.2, 0.25) is 0 Å². The first-order chi connectivity index (χ1) is 7.52. The summed E-state index contributed by atoms with van der Waals surface area (Å²) in [6.45, 7) is 4.09. The maximum Gasteiger partial charge on any atom is 0.119 e. The van der Waals surface area contributed by atoms with E-state index in [0.29, 0.717) is 6.42 Å². The number of carbonyl (C=O) groups is 1. The van der Waals surface area contributed by atoms with Gasteiger partial charge in [-0.3, -0.25) is 0 Å².